The number of likely N-dealkylation sites (tertiary alicyclic amines) is 1. The maximum atomic E-state index is 12.3. The maximum Gasteiger partial charge on any atom is 0.326 e. The molecule has 0 radical (unpaired) electrons. The number of sulfonamides is 1. The van der Waals surface area contributed by atoms with Crippen molar-refractivity contribution in [1.82, 2.24) is 9.62 Å². The smallest absolute Gasteiger partial charge is 0.326 e. The largest absolute Gasteiger partial charge is 0.480 e. The van der Waals surface area contributed by atoms with Crippen molar-refractivity contribution in [2.75, 3.05) is 13.6 Å². The van der Waals surface area contributed by atoms with Crippen molar-refractivity contribution >= 4 is 21.9 Å². The van der Waals surface area contributed by atoms with E-state index >= 15 is 0 Å². The van der Waals surface area contributed by atoms with Gasteiger partial charge < -0.3 is 14.4 Å². The Morgan fingerprint density at radius 1 is 1.38 bits per heavy atom. The molecular weight excluding hydrogens is 300 g/mol. The Bertz CT molecular complexity index is 650. The summed E-state index contributed by atoms with van der Waals surface area (Å²) in [5.41, 5.74) is 0. The van der Waals surface area contributed by atoms with Crippen molar-refractivity contribution in [3.8, 4) is 0 Å². The number of nitrogens with one attached hydrogen (secondary N) is 1. The fourth-order valence-corrected chi connectivity index (χ4v) is 2.90. The lowest BCUT2D eigenvalue weighted by Crippen LogP contribution is -2.47. The van der Waals surface area contributed by atoms with Gasteiger partial charge in [-0.05, 0) is 38.4 Å². The van der Waals surface area contributed by atoms with E-state index in [0.717, 1.165) is 6.42 Å². The highest BCUT2D eigenvalue weighted by Gasteiger charge is 2.34. The molecule has 1 aromatic heterocycles. The summed E-state index contributed by atoms with van der Waals surface area (Å²) >= 11 is 0. The molecule has 2 rings (SSSR count). The van der Waals surface area contributed by atoms with Crippen LogP contribution in [0.1, 0.15) is 29.8 Å². The van der Waals surface area contributed by atoms with E-state index in [1.807, 2.05) is 0 Å². The van der Waals surface area contributed by atoms with Crippen LogP contribution in [0.15, 0.2) is 21.6 Å². The summed E-state index contributed by atoms with van der Waals surface area (Å²) in [5, 5.41) is 8.77. The highest BCUT2D eigenvalue weighted by Crippen LogP contribution is 2.22. The average Bonchev–Trinajstić information content (AvgIpc) is 2.97. The highest BCUT2D eigenvalue weighted by atomic mass is 32.2. The van der Waals surface area contributed by atoms with Crippen LogP contribution < -0.4 is 4.72 Å². The van der Waals surface area contributed by atoms with Crippen molar-refractivity contribution in [2.24, 2.45) is 0 Å². The van der Waals surface area contributed by atoms with E-state index in [2.05, 4.69) is 4.72 Å². The zero-order chi connectivity index (χ0) is 15.6. The first-order valence-corrected chi connectivity index (χ1v) is 7.92. The maximum absolute atomic E-state index is 12.3. The van der Waals surface area contributed by atoms with Crippen LogP contribution in [0.25, 0.3) is 0 Å². The summed E-state index contributed by atoms with van der Waals surface area (Å²) < 4.78 is 30.2. The molecule has 9 heteroatoms. The molecule has 1 amide bonds. The summed E-state index contributed by atoms with van der Waals surface area (Å²) in [4.78, 5) is 24.7. The number of carbonyl (C=O) groups excluding carboxylic acids is 1. The van der Waals surface area contributed by atoms with Crippen LogP contribution in [-0.4, -0.2) is 49.9 Å². The lowest BCUT2D eigenvalue weighted by atomic mass is 10.0. The number of hydrogen-bond acceptors (Lipinski definition) is 5. The number of hydrogen-bond donors (Lipinski definition) is 2. The van der Waals surface area contributed by atoms with Crippen LogP contribution in [0.5, 0.6) is 0 Å². The van der Waals surface area contributed by atoms with Gasteiger partial charge in [-0.1, -0.05) is 0 Å². The van der Waals surface area contributed by atoms with Crippen molar-refractivity contribution in [3.63, 3.8) is 0 Å². The summed E-state index contributed by atoms with van der Waals surface area (Å²) in [6.07, 6.45) is 1.82. The molecule has 1 aliphatic rings. The standard InChI is InChI=1S/C12H16N2O6S/c1-13-21(18,19)10-6-5-9(20-10)11(15)14-7-3-2-4-8(14)12(16)17/h5-6,8,13H,2-4,7H2,1H3,(H,16,17). The Morgan fingerprint density at radius 3 is 2.71 bits per heavy atom. The van der Waals surface area contributed by atoms with Gasteiger partial charge in [0.05, 0.1) is 0 Å². The van der Waals surface area contributed by atoms with Gasteiger partial charge in [0.1, 0.15) is 6.04 Å². The van der Waals surface area contributed by atoms with E-state index < -0.39 is 27.9 Å². The molecule has 0 aromatic carbocycles. The number of nitrogens with zero attached hydrogens (tertiary/aromatic N) is 1. The summed E-state index contributed by atoms with van der Waals surface area (Å²) in [5.74, 6) is -1.87. The van der Waals surface area contributed by atoms with Gasteiger partial charge in [-0.25, -0.2) is 17.9 Å². The Morgan fingerprint density at radius 2 is 2.10 bits per heavy atom. The van der Waals surface area contributed by atoms with Gasteiger partial charge in [0.15, 0.2) is 5.76 Å². The first kappa shape index (κ1) is 15.5. The van der Waals surface area contributed by atoms with E-state index in [1.54, 1.807) is 0 Å². The van der Waals surface area contributed by atoms with E-state index in [-0.39, 0.29) is 10.9 Å². The number of rotatable bonds is 4. The fourth-order valence-electron chi connectivity index (χ4n) is 2.25. The SMILES string of the molecule is CNS(=O)(=O)c1ccc(C(=O)N2CCCCC2C(=O)O)o1. The Hall–Kier alpha value is -1.87. The topological polar surface area (TPSA) is 117 Å². The minimum absolute atomic E-state index is 0.183. The molecule has 0 spiro atoms. The van der Waals surface area contributed by atoms with Gasteiger partial charge in [0.2, 0.25) is 5.09 Å². The molecule has 21 heavy (non-hydrogen) atoms. The molecule has 1 saturated heterocycles. The van der Waals surface area contributed by atoms with Crippen LogP contribution in [-0.2, 0) is 14.8 Å². The molecule has 0 bridgehead atoms. The molecule has 0 aliphatic carbocycles. The van der Waals surface area contributed by atoms with Gasteiger partial charge >= 0.3 is 5.97 Å². The monoisotopic (exact) mass is 316 g/mol. The predicted octanol–water partition coefficient (Wildman–Crippen LogP) is 0.267. The Labute approximate surface area is 121 Å². The third-order valence-electron chi connectivity index (χ3n) is 3.37. The van der Waals surface area contributed by atoms with Crippen molar-refractivity contribution < 1.29 is 27.5 Å². The zero-order valence-corrected chi connectivity index (χ0v) is 12.2. The minimum Gasteiger partial charge on any atom is -0.480 e. The number of carbonyl (C=O) groups is 2. The van der Waals surface area contributed by atoms with E-state index in [0.29, 0.717) is 19.4 Å². The second-order valence-corrected chi connectivity index (χ2v) is 6.49. The number of carboxylic acid groups (broad SMARTS) is 1. The van der Waals surface area contributed by atoms with Crippen LogP contribution in [0, 0.1) is 0 Å². The number of piperidine rings is 1. The molecule has 2 N–H and O–H groups in total. The predicted molar refractivity (Wildman–Crippen MR) is 71.3 cm³/mol. The quantitative estimate of drug-likeness (QED) is 0.823. The van der Waals surface area contributed by atoms with Crippen LogP contribution in [0.4, 0.5) is 0 Å². The van der Waals surface area contributed by atoms with Gasteiger partial charge in [-0.15, -0.1) is 0 Å². The lowest BCUT2D eigenvalue weighted by molar-refractivity contribution is -0.143. The fraction of sp³-hybridized carbons (Fsp3) is 0.500. The molecule has 0 saturated carbocycles. The molecule has 1 atom stereocenters. The van der Waals surface area contributed by atoms with E-state index in [4.69, 9.17) is 9.52 Å². The van der Waals surface area contributed by atoms with E-state index in [9.17, 15) is 18.0 Å². The molecule has 1 unspecified atom stereocenters. The van der Waals surface area contributed by atoms with Gasteiger partial charge in [-0.3, -0.25) is 4.79 Å². The zero-order valence-electron chi connectivity index (χ0n) is 11.4. The summed E-state index contributed by atoms with van der Waals surface area (Å²) in [7, 11) is -2.55. The third kappa shape index (κ3) is 3.08. The van der Waals surface area contributed by atoms with Crippen molar-refractivity contribution in [3.05, 3.63) is 17.9 Å². The van der Waals surface area contributed by atoms with Crippen molar-refractivity contribution in [2.45, 2.75) is 30.4 Å². The number of amides is 1. The molecular formula is C12H16N2O6S. The number of aliphatic carboxylic acids is 1. The first-order chi connectivity index (χ1) is 9.86. The van der Waals surface area contributed by atoms with Gasteiger partial charge in [0, 0.05) is 6.54 Å². The lowest BCUT2D eigenvalue weighted by Gasteiger charge is -2.32. The van der Waals surface area contributed by atoms with E-state index in [1.165, 1.54) is 24.1 Å². The molecule has 1 fully saturated rings. The van der Waals surface area contributed by atoms with Crippen LogP contribution >= 0.6 is 0 Å². The average molecular weight is 316 g/mol. The summed E-state index contributed by atoms with van der Waals surface area (Å²) in [6, 6.07) is 1.50. The molecule has 116 valence electrons. The Balaban J connectivity index is 2.25. The minimum atomic E-state index is -3.78. The highest BCUT2D eigenvalue weighted by molar-refractivity contribution is 7.89. The number of carboxylic acids is 1. The number of furan rings is 1. The van der Waals surface area contributed by atoms with Crippen molar-refractivity contribution in [1.29, 1.82) is 0 Å². The molecule has 8 nitrogen and oxygen atoms in total. The first-order valence-electron chi connectivity index (χ1n) is 6.44. The Kier molecular flexibility index (Phi) is 4.33. The van der Waals surface area contributed by atoms with Crippen LogP contribution in [0.3, 0.4) is 0 Å². The third-order valence-corrected chi connectivity index (χ3v) is 4.66. The normalized spacial score (nSPS) is 19.5. The van der Waals surface area contributed by atoms with Gasteiger partial charge in [-0.2, -0.15) is 0 Å². The van der Waals surface area contributed by atoms with Gasteiger partial charge in [0.25, 0.3) is 15.9 Å². The summed E-state index contributed by atoms with van der Waals surface area (Å²) in [6.45, 7) is 0.310. The second-order valence-electron chi connectivity index (χ2n) is 4.67. The molecule has 2 heterocycles. The second kappa shape index (κ2) is 5.86. The molecule has 1 aliphatic heterocycles. The van der Waals surface area contributed by atoms with Crippen LogP contribution in [0.2, 0.25) is 0 Å². The molecule has 1 aromatic rings.